The van der Waals surface area contributed by atoms with Gasteiger partial charge in [0.15, 0.2) is 0 Å². The van der Waals surface area contributed by atoms with Crippen LogP contribution < -0.4 is 5.56 Å². The van der Waals surface area contributed by atoms with Crippen LogP contribution in [0.4, 0.5) is 0 Å². The molecule has 23 heavy (non-hydrogen) atoms. The predicted molar refractivity (Wildman–Crippen MR) is 93.0 cm³/mol. The molecule has 0 aliphatic heterocycles. The molecule has 0 unspecified atom stereocenters. The van der Waals surface area contributed by atoms with Crippen molar-refractivity contribution in [3.8, 4) is 0 Å². The summed E-state index contributed by atoms with van der Waals surface area (Å²) in [6.07, 6.45) is 2.50. The molecular weight excluding hydrogens is 308 g/mol. The predicted octanol–water partition coefficient (Wildman–Crippen LogP) is 3.84. The summed E-state index contributed by atoms with van der Waals surface area (Å²) < 4.78 is 2.00. The summed E-state index contributed by atoms with van der Waals surface area (Å²) in [5.74, 6) is 0.710. The van der Waals surface area contributed by atoms with Crippen LogP contribution in [-0.4, -0.2) is 9.55 Å². The number of hydrogen-bond acceptors (Lipinski definition) is 2. The molecule has 0 spiro atoms. The first kappa shape index (κ1) is 15.5. The molecule has 2 aromatic carbocycles. The summed E-state index contributed by atoms with van der Waals surface area (Å²) in [5, 5.41) is 0.716. The van der Waals surface area contributed by atoms with Crippen molar-refractivity contribution < 1.29 is 0 Å². The Hall–Kier alpha value is -2.39. The van der Waals surface area contributed by atoms with Gasteiger partial charge in [-0.1, -0.05) is 54.1 Å². The van der Waals surface area contributed by atoms with Crippen molar-refractivity contribution in [1.29, 1.82) is 0 Å². The lowest BCUT2D eigenvalue weighted by atomic mass is 10.1. The minimum absolute atomic E-state index is 0.154. The molecule has 0 fully saturated rings. The molecule has 3 aromatic rings. The Balaban J connectivity index is 1.90. The van der Waals surface area contributed by atoms with Crippen LogP contribution in [0.3, 0.4) is 0 Å². The van der Waals surface area contributed by atoms with Crippen molar-refractivity contribution in [3.05, 3.63) is 98.7 Å². The smallest absolute Gasteiger partial charge is 0.276 e. The number of aryl methyl sites for hydroxylation is 1. The zero-order valence-corrected chi connectivity index (χ0v) is 13.6. The highest BCUT2D eigenvalue weighted by Gasteiger charge is 2.07. The van der Waals surface area contributed by atoms with Crippen molar-refractivity contribution in [3.63, 3.8) is 0 Å². The van der Waals surface area contributed by atoms with Crippen LogP contribution in [0.1, 0.15) is 22.5 Å². The molecule has 0 saturated heterocycles. The second-order valence-electron chi connectivity index (χ2n) is 5.54. The van der Waals surface area contributed by atoms with Crippen LogP contribution in [0.15, 0.2) is 65.6 Å². The summed E-state index contributed by atoms with van der Waals surface area (Å²) in [5.41, 5.74) is 2.77. The molecule has 0 aliphatic carbocycles. The first-order chi connectivity index (χ1) is 11.1. The van der Waals surface area contributed by atoms with E-state index in [4.69, 9.17) is 11.6 Å². The van der Waals surface area contributed by atoms with E-state index in [-0.39, 0.29) is 5.56 Å². The van der Waals surface area contributed by atoms with Crippen molar-refractivity contribution in [2.24, 2.45) is 0 Å². The Kier molecular flexibility index (Phi) is 4.58. The number of benzene rings is 2. The van der Waals surface area contributed by atoms with E-state index >= 15 is 0 Å². The highest BCUT2D eigenvalue weighted by Crippen LogP contribution is 2.12. The van der Waals surface area contributed by atoms with Gasteiger partial charge < -0.3 is 4.57 Å². The third-order valence-electron chi connectivity index (χ3n) is 3.77. The van der Waals surface area contributed by atoms with Crippen molar-refractivity contribution >= 4 is 11.6 Å². The number of aromatic nitrogens is 2. The molecule has 0 saturated carbocycles. The fraction of sp³-hybridized carbons (Fsp3) is 0.158. The third-order valence-corrected chi connectivity index (χ3v) is 4.02. The average Bonchev–Trinajstić information content (AvgIpc) is 2.55. The zero-order chi connectivity index (χ0) is 16.2. The maximum atomic E-state index is 12.2. The van der Waals surface area contributed by atoms with Gasteiger partial charge in [-0.15, -0.1) is 0 Å². The lowest BCUT2D eigenvalue weighted by Crippen LogP contribution is -2.20. The minimum Gasteiger partial charge on any atom is -0.332 e. The Labute approximate surface area is 140 Å². The van der Waals surface area contributed by atoms with Gasteiger partial charge in [0, 0.05) is 29.7 Å². The van der Waals surface area contributed by atoms with E-state index in [2.05, 4.69) is 4.98 Å². The lowest BCUT2D eigenvalue weighted by molar-refractivity contribution is 0.710. The van der Waals surface area contributed by atoms with Crippen LogP contribution in [0, 0.1) is 6.92 Å². The van der Waals surface area contributed by atoms with Crippen LogP contribution >= 0.6 is 11.6 Å². The molecule has 1 aromatic heterocycles. The van der Waals surface area contributed by atoms with Gasteiger partial charge in [-0.2, -0.15) is 4.98 Å². The standard InChI is InChI=1S/C19H17ClN2O/c1-14-21-19(23)17(11-15-5-3-2-4-6-15)13-22(14)12-16-7-9-18(20)10-8-16/h2-10,13H,11-12H2,1H3. The van der Waals surface area contributed by atoms with Gasteiger partial charge in [0.2, 0.25) is 0 Å². The van der Waals surface area contributed by atoms with E-state index in [1.807, 2.05) is 72.3 Å². The first-order valence-electron chi connectivity index (χ1n) is 7.47. The number of halogens is 1. The highest BCUT2D eigenvalue weighted by atomic mass is 35.5. The summed E-state index contributed by atoms with van der Waals surface area (Å²) in [6.45, 7) is 2.52. The van der Waals surface area contributed by atoms with Crippen LogP contribution in [0.2, 0.25) is 5.02 Å². The molecule has 3 nitrogen and oxygen atoms in total. The van der Waals surface area contributed by atoms with Gasteiger partial charge >= 0.3 is 0 Å². The van der Waals surface area contributed by atoms with Crippen LogP contribution in [-0.2, 0) is 13.0 Å². The first-order valence-corrected chi connectivity index (χ1v) is 7.85. The fourth-order valence-electron chi connectivity index (χ4n) is 2.50. The molecule has 1 heterocycles. The highest BCUT2D eigenvalue weighted by molar-refractivity contribution is 6.30. The largest absolute Gasteiger partial charge is 0.332 e. The van der Waals surface area contributed by atoms with Gasteiger partial charge in [0.25, 0.3) is 5.56 Å². The fourth-order valence-corrected chi connectivity index (χ4v) is 2.63. The van der Waals surface area contributed by atoms with Gasteiger partial charge in [-0.3, -0.25) is 4.79 Å². The number of rotatable bonds is 4. The summed E-state index contributed by atoms with van der Waals surface area (Å²) in [7, 11) is 0. The number of hydrogen-bond donors (Lipinski definition) is 0. The van der Waals surface area contributed by atoms with Gasteiger partial charge in [-0.05, 0) is 30.2 Å². The molecule has 0 atom stereocenters. The Morgan fingerprint density at radius 3 is 2.39 bits per heavy atom. The Morgan fingerprint density at radius 1 is 1.00 bits per heavy atom. The van der Waals surface area contributed by atoms with Gasteiger partial charge in [-0.25, -0.2) is 0 Å². The van der Waals surface area contributed by atoms with Crippen LogP contribution in [0.25, 0.3) is 0 Å². The summed E-state index contributed by atoms with van der Waals surface area (Å²) in [6, 6.07) is 17.7. The van der Waals surface area contributed by atoms with E-state index < -0.39 is 0 Å². The molecule has 0 N–H and O–H groups in total. The molecule has 0 radical (unpaired) electrons. The van der Waals surface area contributed by atoms with E-state index in [0.717, 1.165) is 11.1 Å². The molecular formula is C19H17ClN2O. The van der Waals surface area contributed by atoms with E-state index in [1.165, 1.54) is 0 Å². The summed E-state index contributed by atoms with van der Waals surface area (Å²) >= 11 is 5.92. The summed E-state index contributed by atoms with van der Waals surface area (Å²) in [4.78, 5) is 16.3. The maximum Gasteiger partial charge on any atom is 0.276 e. The van der Waals surface area contributed by atoms with Crippen molar-refractivity contribution in [2.75, 3.05) is 0 Å². The van der Waals surface area contributed by atoms with Gasteiger partial charge in [0.05, 0.1) is 0 Å². The molecule has 0 amide bonds. The second kappa shape index (κ2) is 6.80. The lowest BCUT2D eigenvalue weighted by Gasteiger charge is -2.12. The van der Waals surface area contributed by atoms with Crippen molar-refractivity contribution in [2.45, 2.75) is 19.9 Å². The molecule has 4 heteroatoms. The molecule has 116 valence electrons. The topological polar surface area (TPSA) is 34.9 Å². The SMILES string of the molecule is Cc1nc(=O)c(Cc2ccccc2)cn1Cc1ccc(Cl)cc1. The van der Waals surface area contributed by atoms with E-state index in [0.29, 0.717) is 29.4 Å². The number of nitrogens with zero attached hydrogens (tertiary/aromatic N) is 2. The minimum atomic E-state index is -0.154. The van der Waals surface area contributed by atoms with E-state index in [1.54, 1.807) is 0 Å². The van der Waals surface area contributed by atoms with Crippen LogP contribution in [0.5, 0.6) is 0 Å². The van der Waals surface area contributed by atoms with Crippen molar-refractivity contribution in [1.82, 2.24) is 9.55 Å². The Bertz CT molecular complexity index is 855. The molecule has 0 bridgehead atoms. The zero-order valence-electron chi connectivity index (χ0n) is 12.9. The van der Waals surface area contributed by atoms with Gasteiger partial charge in [0.1, 0.15) is 5.82 Å². The maximum absolute atomic E-state index is 12.2. The normalized spacial score (nSPS) is 10.7. The molecule has 3 rings (SSSR count). The third kappa shape index (κ3) is 3.88. The average molecular weight is 325 g/mol. The second-order valence-corrected chi connectivity index (χ2v) is 5.97. The Morgan fingerprint density at radius 2 is 1.70 bits per heavy atom. The van der Waals surface area contributed by atoms with E-state index in [9.17, 15) is 4.79 Å². The molecule has 0 aliphatic rings. The monoisotopic (exact) mass is 324 g/mol. The quantitative estimate of drug-likeness (QED) is 0.730.